The summed E-state index contributed by atoms with van der Waals surface area (Å²) in [6.45, 7) is 14.4. The average Bonchev–Trinajstić information content (AvgIpc) is 2.34. The fraction of sp³-hybridized carbons (Fsp3) is 0.647. The van der Waals surface area contributed by atoms with Crippen LogP contribution in [-0.2, 0) is 5.41 Å². The Bertz CT molecular complexity index is 394. The van der Waals surface area contributed by atoms with Gasteiger partial charge in [0.05, 0.1) is 0 Å². The highest BCUT2D eigenvalue weighted by Crippen LogP contribution is 2.28. The fourth-order valence-corrected chi connectivity index (χ4v) is 2.44. The summed E-state index contributed by atoms with van der Waals surface area (Å²) in [4.78, 5) is 0. The van der Waals surface area contributed by atoms with E-state index in [0.29, 0.717) is 5.92 Å². The SMILES string of the molecule is CNCCNCC(C)(C)c1cc(C(C)C)ccc1C. The predicted octanol–water partition coefficient (Wildman–Crippen LogP) is 3.21. The lowest BCUT2D eigenvalue weighted by Gasteiger charge is -2.28. The zero-order valence-corrected chi connectivity index (χ0v) is 13.4. The lowest BCUT2D eigenvalue weighted by Crippen LogP contribution is -2.36. The molecule has 0 amide bonds. The van der Waals surface area contributed by atoms with E-state index < -0.39 is 0 Å². The van der Waals surface area contributed by atoms with Gasteiger partial charge in [0, 0.05) is 25.0 Å². The van der Waals surface area contributed by atoms with Gasteiger partial charge in [0.15, 0.2) is 0 Å². The Kier molecular flexibility index (Phi) is 6.02. The molecule has 0 fully saturated rings. The molecule has 1 rings (SSSR count). The number of benzene rings is 1. The van der Waals surface area contributed by atoms with Crippen LogP contribution in [-0.4, -0.2) is 26.7 Å². The standard InChI is InChI=1S/C17H30N2/c1-13(2)15-8-7-14(3)16(11-15)17(4,5)12-19-10-9-18-6/h7-8,11,13,18-19H,9-10,12H2,1-6H3. The van der Waals surface area contributed by atoms with Gasteiger partial charge in [0.25, 0.3) is 0 Å². The van der Waals surface area contributed by atoms with E-state index in [-0.39, 0.29) is 5.41 Å². The van der Waals surface area contributed by atoms with E-state index in [1.807, 2.05) is 7.05 Å². The molecule has 0 spiro atoms. The summed E-state index contributed by atoms with van der Waals surface area (Å²) < 4.78 is 0. The zero-order chi connectivity index (χ0) is 14.5. The molecule has 108 valence electrons. The van der Waals surface area contributed by atoms with Crippen LogP contribution in [0.15, 0.2) is 18.2 Å². The number of aryl methyl sites for hydroxylation is 1. The summed E-state index contributed by atoms with van der Waals surface area (Å²) in [5.41, 5.74) is 4.47. The topological polar surface area (TPSA) is 24.1 Å². The first-order valence-corrected chi connectivity index (χ1v) is 7.35. The Morgan fingerprint density at radius 3 is 2.42 bits per heavy atom. The molecule has 0 atom stereocenters. The van der Waals surface area contributed by atoms with E-state index in [4.69, 9.17) is 0 Å². The Hall–Kier alpha value is -0.860. The van der Waals surface area contributed by atoms with Crippen molar-refractivity contribution in [3.8, 4) is 0 Å². The highest BCUT2D eigenvalue weighted by Gasteiger charge is 2.22. The van der Waals surface area contributed by atoms with Crippen LogP contribution in [0.2, 0.25) is 0 Å². The first-order chi connectivity index (χ1) is 8.88. The van der Waals surface area contributed by atoms with Crippen LogP contribution in [0.3, 0.4) is 0 Å². The number of hydrogen-bond donors (Lipinski definition) is 2. The quantitative estimate of drug-likeness (QED) is 0.737. The molecule has 0 aliphatic heterocycles. The largest absolute Gasteiger partial charge is 0.318 e. The number of rotatable bonds is 7. The molecule has 2 N–H and O–H groups in total. The third kappa shape index (κ3) is 4.63. The molecule has 1 aromatic carbocycles. The predicted molar refractivity (Wildman–Crippen MR) is 85.1 cm³/mol. The Morgan fingerprint density at radius 1 is 1.16 bits per heavy atom. The fourth-order valence-electron chi connectivity index (χ4n) is 2.44. The molecular weight excluding hydrogens is 232 g/mol. The van der Waals surface area contributed by atoms with E-state index in [2.05, 4.69) is 63.5 Å². The van der Waals surface area contributed by atoms with Crippen LogP contribution in [0.25, 0.3) is 0 Å². The maximum absolute atomic E-state index is 3.54. The van der Waals surface area contributed by atoms with Gasteiger partial charge in [-0.05, 0) is 36.6 Å². The van der Waals surface area contributed by atoms with Gasteiger partial charge in [-0.15, -0.1) is 0 Å². The lowest BCUT2D eigenvalue weighted by atomic mass is 9.80. The van der Waals surface area contributed by atoms with Crippen molar-refractivity contribution < 1.29 is 0 Å². The van der Waals surface area contributed by atoms with Crippen molar-refractivity contribution in [1.82, 2.24) is 10.6 Å². The number of hydrogen-bond acceptors (Lipinski definition) is 2. The van der Waals surface area contributed by atoms with Crippen molar-refractivity contribution in [3.05, 3.63) is 34.9 Å². The molecule has 0 saturated heterocycles. The van der Waals surface area contributed by atoms with Gasteiger partial charge in [-0.25, -0.2) is 0 Å². The molecule has 0 aliphatic rings. The molecule has 19 heavy (non-hydrogen) atoms. The molecule has 0 saturated carbocycles. The summed E-state index contributed by atoms with van der Waals surface area (Å²) in [6, 6.07) is 6.91. The minimum atomic E-state index is 0.169. The molecule has 0 unspecified atom stereocenters. The van der Waals surface area contributed by atoms with Gasteiger partial charge in [0.2, 0.25) is 0 Å². The third-order valence-electron chi connectivity index (χ3n) is 3.78. The Labute approximate surface area is 119 Å². The van der Waals surface area contributed by atoms with Crippen LogP contribution in [0.4, 0.5) is 0 Å². The Balaban J connectivity index is 2.83. The van der Waals surface area contributed by atoms with Crippen LogP contribution in [0.1, 0.15) is 50.3 Å². The third-order valence-corrected chi connectivity index (χ3v) is 3.78. The van der Waals surface area contributed by atoms with Gasteiger partial charge < -0.3 is 10.6 Å². The smallest absolute Gasteiger partial charge is 0.00769 e. The van der Waals surface area contributed by atoms with E-state index in [1.165, 1.54) is 16.7 Å². The molecule has 0 aliphatic carbocycles. The first-order valence-electron chi connectivity index (χ1n) is 7.35. The molecule has 0 aromatic heterocycles. The van der Waals surface area contributed by atoms with E-state index in [9.17, 15) is 0 Å². The minimum Gasteiger partial charge on any atom is -0.318 e. The van der Waals surface area contributed by atoms with Crippen molar-refractivity contribution in [3.63, 3.8) is 0 Å². The lowest BCUT2D eigenvalue weighted by molar-refractivity contribution is 0.466. The number of nitrogens with one attached hydrogen (secondary N) is 2. The van der Waals surface area contributed by atoms with Crippen LogP contribution < -0.4 is 10.6 Å². The molecule has 0 bridgehead atoms. The van der Waals surface area contributed by atoms with Crippen molar-refractivity contribution in [2.75, 3.05) is 26.7 Å². The van der Waals surface area contributed by atoms with Crippen molar-refractivity contribution >= 4 is 0 Å². The van der Waals surface area contributed by atoms with Crippen LogP contribution in [0.5, 0.6) is 0 Å². The van der Waals surface area contributed by atoms with Crippen LogP contribution >= 0.6 is 0 Å². The summed E-state index contributed by atoms with van der Waals surface area (Å²) in [5, 5.41) is 6.71. The summed E-state index contributed by atoms with van der Waals surface area (Å²) >= 11 is 0. The second kappa shape index (κ2) is 7.06. The summed E-state index contributed by atoms with van der Waals surface area (Å²) in [7, 11) is 1.99. The highest BCUT2D eigenvalue weighted by atomic mass is 14.9. The molecule has 0 heterocycles. The van der Waals surface area contributed by atoms with Crippen molar-refractivity contribution in [1.29, 1.82) is 0 Å². The first kappa shape index (κ1) is 16.2. The van der Waals surface area contributed by atoms with Crippen molar-refractivity contribution in [2.45, 2.75) is 46.0 Å². The van der Waals surface area contributed by atoms with Gasteiger partial charge in [-0.3, -0.25) is 0 Å². The van der Waals surface area contributed by atoms with E-state index in [0.717, 1.165) is 19.6 Å². The molecule has 2 nitrogen and oxygen atoms in total. The molecule has 0 radical (unpaired) electrons. The second-order valence-electron chi connectivity index (χ2n) is 6.39. The number of likely N-dealkylation sites (N-methyl/N-ethyl adjacent to an activating group) is 1. The van der Waals surface area contributed by atoms with Gasteiger partial charge in [-0.1, -0.05) is 45.9 Å². The zero-order valence-electron chi connectivity index (χ0n) is 13.4. The summed E-state index contributed by atoms with van der Waals surface area (Å²) in [6.07, 6.45) is 0. The maximum Gasteiger partial charge on any atom is 0.00769 e. The molecule has 2 heteroatoms. The maximum atomic E-state index is 3.54. The van der Waals surface area contributed by atoms with E-state index >= 15 is 0 Å². The van der Waals surface area contributed by atoms with Crippen LogP contribution in [0, 0.1) is 6.92 Å². The highest BCUT2D eigenvalue weighted by molar-refractivity contribution is 5.37. The molecular formula is C17H30N2. The monoisotopic (exact) mass is 262 g/mol. The Morgan fingerprint density at radius 2 is 1.84 bits per heavy atom. The second-order valence-corrected chi connectivity index (χ2v) is 6.39. The summed E-state index contributed by atoms with van der Waals surface area (Å²) in [5.74, 6) is 0.590. The van der Waals surface area contributed by atoms with E-state index in [1.54, 1.807) is 0 Å². The molecule has 1 aromatic rings. The van der Waals surface area contributed by atoms with Gasteiger partial charge in [-0.2, -0.15) is 0 Å². The van der Waals surface area contributed by atoms with Crippen molar-refractivity contribution in [2.24, 2.45) is 0 Å². The minimum absolute atomic E-state index is 0.169. The normalized spacial score (nSPS) is 12.2. The average molecular weight is 262 g/mol. The van der Waals surface area contributed by atoms with Gasteiger partial charge in [0.1, 0.15) is 0 Å². The van der Waals surface area contributed by atoms with Gasteiger partial charge >= 0.3 is 0 Å².